The van der Waals surface area contributed by atoms with Crippen molar-refractivity contribution < 1.29 is 9.53 Å². The van der Waals surface area contributed by atoms with Crippen LogP contribution in [0.3, 0.4) is 0 Å². The maximum absolute atomic E-state index is 11.5. The van der Waals surface area contributed by atoms with Crippen molar-refractivity contribution >= 4 is 28.7 Å². The van der Waals surface area contributed by atoms with Crippen molar-refractivity contribution in [3.63, 3.8) is 0 Å². The minimum Gasteiger partial charge on any atom is -0.445 e. The number of alkyl halides is 1. The summed E-state index contributed by atoms with van der Waals surface area (Å²) in [5.41, 5.74) is 1.03. The van der Waals surface area contributed by atoms with Crippen LogP contribution >= 0.6 is 22.6 Å². The smallest absolute Gasteiger partial charge is 0.407 e. The number of hydrogen-bond donors (Lipinski definition) is 1. The van der Waals surface area contributed by atoms with E-state index in [9.17, 15) is 4.79 Å². The summed E-state index contributed by atoms with van der Waals surface area (Å²) in [4.78, 5) is 11.5. The van der Waals surface area contributed by atoms with Gasteiger partial charge in [-0.15, -0.1) is 0 Å². The van der Waals surface area contributed by atoms with E-state index in [-0.39, 0.29) is 11.6 Å². The number of carbonyl (C=O) groups is 1. The van der Waals surface area contributed by atoms with Crippen molar-refractivity contribution in [1.82, 2.24) is 5.32 Å². The molecule has 2 rings (SSSR count). The average molecular weight is 331 g/mol. The van der Waals surface area contributed by atoms with Crippen LogP contribution in [-0.2, 0) is 11.3 Å². The van der Waals surface area contributed by atoms with Crippen LogP contribution in [0.25, 0.3) is 0 Å². The number of halogens is 1. The van der Waals surface area contributed by atoms with E-state index in [0.29, 0.717) is 6.61 Å². The third-order valence-corrected chi connectivity index (χ3v) is 4.15. The van der Waals surface area contributed by atoms with Gasteiger partial charge in [0.15, 0.2) is 0 Å². The zero-order chi connectivity index (χ0) is 11.4. The van der Waals surface area contributed by atoms with E-state index in [0.717, 1.165) is 22.8 Å². The molecule has 1 saturated carbocycles. The van der Waals surface area contributed by atoms with Crippen molar-refractivity contribution in [2.75, 3.05) is 4.43 Å². The molecule has 1 fully saturated rings. The fourth-order valence-electron chi connectivity index (χ4n) is 1.42. The number of hydrogen-bond acceptors (Lipinski definition) is 2. The molecule has 4 heteroatoms. The predicted octanol–water partition coefficient (Wildman–Crippen LogP) is 2.88. The number of rotatable bonds is 4. The largest absolute Gasteiger partial charge is 0.445 e. The van der Waals surface area contributed by atoms with E-state index in [1.54, 1.807) is 0 Å². The fourth-order valence-corrected chi connectivity index (χ4v) is 2.37. The van der Waals surface area contributed by atoms with Gasteiger partial charge in [0.05, 0.1) is 5.54 Å². The molecule has 1 aliphatic rings. The Labute approximate surface area is 109 Å². The van der Waals surface area contributed by atoms with Gasteiger partial charge in [0.2, 0.25) is 0 Å². The van der Waals surface area contributed by atoms with Crippen LogP contribution in [0.5, 0.6) is 0 Å². The fraction of sp³-hybridized carbons (Fsp3) is 0.417. The monoisotopic (exact) mass is 331 g/mol. The lowest BCUT2D eigenvalue weighted by Gasteiger charge is -2.14. The molecule has 0 saturated heterocycles. The van der Waals surface area contributed by atoms with Crippen LogP contribution in [0.1, 0.15) is 18.4 Å². The molecule has 86 valence electrons. The van der Waals surface area contributed by atoms with Gasteiger partial charge in [0.1, 0.15) is 6.61 Å². The van der Waals surface area contributed by atoms with Crippen molar-refractivity contribution in [2.24, 2.45) is 0 Å². The summed E-state index contributed by atoms with van der Waals surface area (Å²) in [5.74, 6) is 0. The highest BCUT2D eigenvalue weighted by Crippen LogP contribution is 2.37. The standard InChI is InChI=1S/C12H14INO2/c13-9-12(6-7-12)14-11(15)16-8-10-4-2-1-3-5-10/h1-5H,6-9H2,(H,14,15). The SMILES string of the molecule is O=C(NC1(CI)CC1)OCc1ccccc1. The summed E-state index contributed by atoms with van der Waals surface area (Å²) in [7, 11) is 0. The molecule has 1 aliphatic carbocycles. The van der Waals surface area contributed by atoms with E-state index in [2.05, 4.69) is 27.9 Å². The number of carbonyl (C=O) groups excluding carboxylic acids is 1. The minimum absolute atomic E-state index is 0.0222. The maximum atomic E-state index is 11.5. The second kappa shape index (κ2) is 5.03. The van der Waals surface area contributed by atoms with Gasteiger partial charge in [0, 0.05) is 4.43 Å². The first-order chi connectivity index (χ1) is 7.74. The van der Waals surface area contributed by atoms with Gasteiger partial charge in [-0.25, -0.2) is 4.79 Å². The Kier molecular flexibility index (Phi) is 3.68. The first-order valence-electron chi connectivity index (χ1n) is 5.29. The van der Waals surface area contributed by atoms with Crippen LogP contribution in [-0.4, -0.2) is 16.1 Å². The molecule has 0 aliphatic heterocycles. The average Bonchev–Trinajstić information content (AvgIpc) is 3.08. The van der Waals surface area contributed by atoms with Gasteiger partial charge in [-0.3, -0.25) is 0 Å². The predicted molar refractivity (Wildman–Crippen MR) is 70.6 cm³/mol. The highest BCUT2D eigenvalue weighted by Gasteiger charge is 2.43. The maximum Gasteiger partial charge on any atom is 0.407 e. The molecule has 1 aromatic carbocycles. The molecule has 0 unspecified atom stereocenters. The van der Waals surface area contributed by atoms with Gasteiger partial charge in [-0.05, 0) is 18.4 Å². The molecule has 0 heterocycles. The highest BCUT2D eigenvalue weighted by molar-refractivity contribution is 14.1. The van der Waals surface area contributed by atoms with E-state index in [4.69, 9.17) is 4.74 Å². The topological polar surface area (TPSA) is 38.3 Å². The molecule has 1 N–H and O–H groups in total. The normalized spacial score (nSPS) is 16.6. The summed E-state index contributed by atoms with van der Waals surface area (Å²) in [6.07, 6.45) is 1.82. The molecule has 0 spiro atoms. The lowest BCUT2D eigenvalue weighted by atomic mass is 10.2. The minimum atomic E-state index is -0.307. The Balaban J connectivity index is 1.76. The van der Waals surface area contributed by atoms with Crippen molar-refractivity contribution in [2.45, 2.75) is 25.0 Å². The Hall–Kier alpha value is -0.780. The summed E-state index contributed by atoms with van der Waals surface area (Å²) in [6, 6.07) is 9.70. The number of alkyl carbamates (subject to hydrolysis) is 1. The van der Waals surface area contributed by atoms with E-state index >= 15 is 0 Å². The van der Waals surface area contributed by atoms with Gasteiger partial charge >= 0.3 is 6.09 Å². The number of benzene rings is 1. The van der Waals surface area contributed by atoms with Crippen LogP contribution in [0.2, 0.25) is 0 Å². The lowest BCUT2D eigenvalue weighted by Crippen LogP contribution is -2.38. The molecule has 0 radical (unpaired) electrons. The number of amides is 1. The summed E-state index contributed by atoms with van der Waals surface area (Å²) >= 11 is 2.30. The van der Waals surface area contributed by atoms with Gasteiger partial charge in [-0.2, -0.15) is 0 Å². The quantitative estimate of drug-likeness (QED) is 0.681. The second-order valence-corrected chi connectivity index (χ2v) is 4.86. The number of nitrogens with one attached hydrogen (secondary N) is 1. The van der Waals surface area contributed by atoms with Gasteiger partial charge in [-0.1, -0.05) is 52.9 Å². The number of ether oxygens (including phenoxy) is 1. The Morgan fingerprint density at radius 1 is 1.38 bits per heavy atom. The molecule has 1 amide bonds. The zero-order valence-electron chi connectivity index (χ0n) is 8.91. The first kappa shape index (κ1) is 11.7. The van der Waals surface area contributed by atoms with Crippen LogP contribution < -0.4 is 5.32 Å². The van der Waals surface area contributed by atoms with Crippen LogP contribution in [0.15, 0.2) is 30.3 Å². The van der Waals surface area contributed by atoms with Gasteiger partial charge < -0.3 is 10.1 Å². The molecule has 0 aromatic heterocycles. The van der Waals surface area contributed by atoms with E-state index < -0.39 is 0 Å². The Bertz CT molecular complexity index is 363. The van der Waals surface area contributed by atoms with Crippen molar-refractivity contribution in [3.05, 3.63) is 35.9 Å². The van der Waals surface area contributed by atoms with E-state index in [1.165, 1.54) is 0 Å². The summed E-state index contributed by atoms with van der Waals surface area (Å²) in [5, 5.41) is 2.92. The molecule has 1 aromatic rings. The van der Waals surface area contributed by atoms with Crippen LogP contribution in [0, 0.1) is 0 Å². The van der Waals surface area contributed by atoms with Crippen molar-refractivity contribution in [1.29, 1.82) is 0 Å². The second-order valence-electron chi connectivity index (χ2n) is 4.10. The molecular formula is C12H14INO2. The summed E-state index contributed by atoms with van der Waals surface area (Å²) in [6.45, 7) is 0.337. The molecule has 16 heavy (non-hydrogen) atoms. The van der Waals surface area contributed by atoms with Crippen molar-refractivity contribution in [3.8, 4) is 0 Å². The van der Waals surface area contributed by atoms with Gasteiger partial charge in [0.25, 0.3) is 0 Å². The third-order valence-electron chi connectivity index (χ3n) is 2.69. The highest BCUT2D eigenvalue weighted by atomic mass is 127. The Morgan fingerprint density at radius 2 is 2.06 bits per heavy atom. The van der Waals surface area contributed by atoms with Crippen LogP contribution in [0.4, 0.5) is 4.79 Å². The van der Waals surface area contributed by atoms with E-state index in [1.807, 2.05) is 30.3 Å². The molecule has 0 bridgehead atoms. The molecule has 0 atom stereocenters. The molecule has 3 nitrogen and oxygen atoms in total. The Morgan fingerprint density at radius 3 is 2.62 bits per heavy atom. The first-order valence-corrected chi connectivity index (χ1v) is 6.81. The lowest BCUT2D eigenvalue weighted by molar-refractivity contribution is 0.135. The third kappa shape index (κ3) is 3.10. The summed E-state index contributed by atoms with van der Waals surface area (Å²) < 4.78 is 6.10. The zero-order valence-corrected chi connectivity index (χ0v) is 11.1. The molecular weight excluding hydrogens is 317 g/mol.